The molecule has 3 saturated heterocycles. The van der Waals surface area contributed by atoms with Gasteiger partial charge in [-0.3, -0.25) is 9.69 Å². The van der Waals surface area contributed by atoms with E-state index in [9.17, 15) is 14.4 Å². The van der Waals surface area contributed by atoms with Crippen molar-refractivity contribution in [1.29, 1.82) is 0 Å². The van der Waals surface area contributed by atoms with E-state index >= 15 is 0 Å². The van der Waals surface area contributed by atoms with Gasteiger partial charge in [-0.2, -0.15) is 0 Å². The lowest BCUT2D eigenvalue weighted by molar-refractivity contribution is -0.135. The number of piperidine rings is 2. The van der Waals surface area contributed by atoms with Crippen LogP contribution in [0.3, 0.4) is 0 Å². The number of fused-ring (bicyclic) bond motifs is 1. The number of para-hydroxylation sites is 1. The number of anilines is 1. The standard InChI is InChI=1S/C34H45BrClN7O3/c1-23-19-24(20-28(35)31(23)36)21-30(32(44)41-11-7-26(8-12-41)40-17-15-39(2)16-18-40)38-33(45)42-13-9-27(10-14-42)43-22-25-5-3-4-6-29(25)37-34(43)46/h3-6,19-20,26-27,30H,7-18,21-22H2,1-2H3,(H,37,46)(H,38,45). The molecule has 1 unspecified atom stereocenters. The molecule has 248 valence electrons. The van der Waals surface area contributed by atoms with Gasteiger partial charge < -0.3 is 30.2 Å². The molecule has 2 N–H and O–H groups in total. The van der Waals surface area contributed by atoms with Gasteiger partial charge in [0.25, 0.3) is 0 Å². The summed E-state index contributed by atoms with van der Waals surface area (Å²) in [6.45, 7) is 9.25. The van der Waals surface area contributed by atoms with Crippen LogP contribution >= 0.6 is 27.5 Å². The average molecular weight is 715 g/mol. The number of hydrogen-bond donors (Lipinski definition) is 2. The normalized spacial score (nSPS) is 21.1. The van der Waals surface area contributed by atoms with E-state index in [0.29, 0.717) is 63.1 Å². The van der Waals surface area contributed by atoms with Crippen LogP contribution in [-0.4, -0.2) is 120 Å². The van der Waals surface area contributed by atoms with E-state index < -0.39 is 6.04 Å². The highest BCUT2D eigenvalue weighted by Crippen LogP contribution is 2.30. The highest BCUT2D eigenvalue weighted by atomic mass is 79.9. The van der Waals surface area contributed by atoms with Gasteiger partial charge in [-0.25, -0.2) is 9.59 Å². The SMILES string of the molecule is Cc1cc(CC(NC(=O)N2CCC(N3Cc4ccccc4NC3=O)CC2)C(=O)N2CCC(N3CCN(C)CC3)CC2)cc(Br)c1Cl. The fourth-order valence-electron chi connectivity index (χ4n) is 7.35. The molecule has 0 saturated carbocycles. The molecule has 0 bridgehead atoms. The molecule has 46 heavy (non-hydrogen) atoms. The molecule has 2 aromatic carbocycles. The molecule has 0 aliphatic carbocycles. The number of amides is 5. The van der Waals surface area contributed by atoms with Crippen LogP contribution < -0.4 is 10.6 Å². The van der Waals surface area contributed by atoms with Gasteiger partial charge in [0.1, 0.15) is 6.04 Å². The number of carbonyl (C=O) groups excluding carboxylic acids is 3. The zero-order chi connectivity index (χ0) is 32.4. The Hall–Kier alpha value is -2.86. The minimum atomic E-state index is -0.692. The maximum absolute atomic E-state index is 14.1. The largest absolute Gasteiger partial charge is 0.341 e. The summed E-state index contributed by atoms with van der Waals surface area (Å²) in [7, 11) is 2.17. The molecule has 1 atom stereocenters. The number of nitrogens with zero attached hydrogens (tertiary/aromatic N) is 5. The number of halogens is 2. The minimum absolute atomic E-state index is 0.0348. The quantitative estimate of drug-likeness (QED) is 0.450. The first-order valence-electron chi connectivity index (χ1n) is 16.5. The van der Waals surface area contributed by atoms with Crippen LogP contribution in [0.2, 0.25) is 5.02 Å². The summed E-state index contributed by atoms with van der Waals surface area (Å²) in [6, 6.07) is 11.3. The fourth-order valence-corrected chi connectivity index (χ4v) is 8.06. The van der Waals surface area contributed by atoms with Gasteiger partial charge in [-0.1, -0.05) is 35.9 Å². The molecule has 6 rings (SSSR count). The van der Waals surface area contributed by atoms with Crippen LogP contribution in [0.15, 0.2) is 40.9 Å². The molecule has 0 radical (unpaired) electrons. The second kappa shape index (κ2) is 14.5. The summed E-state index contributed by atoms with van der Waals surface area (Å²) in [5.41, 5.74) is 3.82. The monoisotopic (exact) mass is 713 g/mol. The summed E-state index contributed by atoms with van der Waals surface area (Å²) in [5.74, 6) is -0.0348. The number of hydrogen-bond acceptors (Lipinski definition) is 5. The number of piperazine rings is 1. The highest BCUT2D eigenvalue weighted by Gasteiger charge is 2.36. The summed E-state index contributed by atoms with van der Waals surface area (Å²) in [5, 5.41) is 6.77. The molecule has 2 aromatic rings. The minimum Gasteiger partial charge on any atom is -0.341 e. The number of likely N-dealkylation sites (tertiary alicyclic amines) is 2. The van der Waals surface area contributed by atoms with Gasteiger partial charge >= 0.3 is 12.1 Å². The number of likely N-dealkylation sites (N-methyl/N-ethyl adjacent to an activating group) is 1. The van der Waals surface area contributed by atoms with Crippen LogP contribution in [0, 0.1) is 6.92 Å². The maximum atomic E-state index is 14.1. The average Bonchev–Trinajstić information content (AvgIpc) is 3.06. The van der Waals surface area contributed by atoms with Gasteiger partial charge in [0.2, 0.25) is 5.91 Å². The smallest absolute Gasteiger partial charge is 0.322 e. The van der Waals surface area contributed by atoms with E-state index in [1.165, 1.54) is 0 Å². The topological polar surface area (TPSA) is 91.5 Å². The van der Waals surface area contributed by atoms with E-state index in [0.717, 1.165) is 65.9 Å². The van der Waals surface area contributed by atoms with E-state index in [4.69, 9.17) is 11.6 Å². The Bertz CT molecular complexity index is 1410. The van der Waals surface area contributed by atoms with Crippen molar-refractivity contribution in [2.75, 3.05) is 64.7 Å². The molecular formula is C34H45BrClN7O3. The van der Waals surface area contributed by atoms with Crippen LogP contribution in [0.1, 0.15) is 42.4 Å². The molecule has 5 amide bonds. The van der Waals surface area contributed by atoms with Crippen molar-refractivity contribution in [3.8, 4) is 0 Å². The van der Waals surface area contributed by atoms with Crippen molar-refractivity contribution in [2.45, 2.75) is 63.7 Å². The molecule has 4 heterocycles. The zero-order valence-electron chi connectivity index (χ0n) is 26.8. The Morgan fingerprint density at radius 1 is 0.957 bits per heavy atom. The van der Waals surface area contributed by atoms with E-state index in [1.807, 2.05) is 53.1 Å². The van der Waals surface area contributed by atoms with Crippen LogP contribution in [0.5, 0.6) is 0 Å². The first kappa shape index (κ1) is 33.1. The number of carbonyl (C=O) groups is 3. The summed E-state index contributed by atoms with van der Waals surface area (Å²) in [4.78, 5) is 51.2. The van der Waals surface area contributed by atoms with Gasteiger partial charge in [-0.05, 0) is 84.4 Å². The van der Waals surface area contributed by atoms with Gasteiger partial charge in [0.05, 0.1) is 5.02 Å². The van der Waals surface area contributed by atoms with Gasteiger partial charge in [0, 0.05) is 87.6 Å². The third-order valence-corrected chi connectivity index (χ3v) is 11.5. The first-order chi connectivity index (χ1) is 22.2. The molecule has 12 heteroatoms. The predicted molar refractivity (Wildman–Crippen MR) is 184 cm³/mol. The lowest BCUT2D eigenvalue weighted by atomic mass is 9.99. The second-order valence-electron chi connectivity index (χ2n) is 13.2. The molecule has 0 spiro atoms. The lowest BCUT2D eigenvalue weighted by Gasteiger charge is -2.43. The number of urea groups is 2. The Morgan fingerprint density at radius 2 is 1.61 bits per heavy atom. The van der Waals surface area contributed by atoms with Crippen molar-refractivity contribution < 1.29 is 14.4 Å². The third kappa shape index (κ3) is 7.48. The number of benzene rings is 2. The highest BCUT2D eigenvalue weighted by molar-refractivity contribution is 9.10. The summed E-state index contributed by atoms with van der Waals surface area (Å²) >= 11 is 9.96. The van der Waals surface area contributed by atoms with Crippen LogP contribution in [0.25, 0.3) is 0 Å². The molecule has 0 aromatic heterocycles. The van der Waals surface area contributed by atoms with Crippen LogP contribution in [0.4, 0.5) is 15.3 Å². The maximum Gasteiger partial charge on any atom is 0.322 e. The van der Waals surface area contributed by atoms with E-state index in [1.54, 1.807) is 4.90 Å². The van der Waals surface area contributed by atoms with E-state index in [-0.39, 0.29) is 24.0 Å². The van der Waals surface area contributed by atoms with Crippen molar-refractivity contribution in [2.24, 2.45) is 0 Å². The van der Waals surface area contributed by atoms with Crippen molar-refractivity contribution >= 4 is 51.2 Å². The zero-order valence-corrected chi connectivity index (χ0v) is 29.2. The van der Waals surface area contributed by atoms with Gasteiger partial charge in [0.15, 0.2) is 0 Å². The van der Waals surface area contributed by atoms with Crippen LogP contribution in [-0.2, 0) is 17.8 Å². The predicted octanol–water partition coefficient (Wildman–Crippen LogP) is 4.78. The summed E-state index contributed by atoms with van der Waals surface area (Å²) in [6.07, 6.45) is 3.65. The Labute approximate surface area is 285 Å². The second-order valence-corrected chi connectivity index (χ2v) is 14.5. The van der Waals surface area contributed by atoms with Crippen molar-refractivity contribution in [1.82, 2.24) is 29.8 Å². The Kier molecular flexibility index (Phi) is 10.4. The molecule has 10 nitrogen and oxygen atoms in total. The first-order valence-corrected chi connectivity index (χ1v) is 17.7. The number of aryl methyl sites for hydroxylation is 1. The molecule has 4 aliphatic rings. The Morgan fingerprint density at radius 3 is 2.30 bits per heavy atom. The third-order valence-electron chi connectivity index (χ3n) is 10.2. The van der Waals surface area contributed by atoms with Crippen molar-refractivity contribution in [3.63, 3.8) is 0 Å². The Balaban J connectivity index is 1.09. The molecular weight excluding hydrogens is 670 g/mol. The number of rotatable bonds is 6. The lowest BCUT2D eigenvalue weighted by Crippen LogP contribution is -2.58. The van der Waals surface area contributed by atoms with Crippen molar-refractivity contribution in [3.05, 3.63) is 62.6 Å². The van der Waals surface area contributed by atoms with E-state index in [2.05, 4.69) is 43.4 Å². The fraction of sp³-hybridized carbons (Fsp3) is 0.559. The molecule has 3 fully saturated rings. The van der Waals surface area contributed by atoms with Gasteiger partial charge in [-0.15, -0.1) is 0 Å². The molecule has 4 aliphatic heterocycles. The number of nitrogens with one attached hydrogen (secondary N) is 2. The summed E-state index contributed by atoms with van der Waals surface area (Å²) < 4.78 is 0.779.